The molecule has 0 amide bonds. The van der Waals surface area contributed by atoms with Gasteiger partial charge in [0, 0.05) is 22.3 Å². The zero-order chi connectivity index (χ0) is 32.6. The van der Waals surface area contributed by atoms with Gasteiger partial charge in [-0.05, 0) is 57.3 Å². The topological polar surface area (TPSA) is 64.7 Å². The largest absolute Gasteiger partial charge is 0.436 e. The Morgan fingerprint density at radius 1 is 0.367 bits per heavy atom. The van der Waals surface area contributed by atoms with Crippen LogP contribution in [0.5, 0.6) is 0 Å². The molecule has 230 valence electrons. The molecule has 0 aliphatic carbocycles. The number of hydrogen-bond acceptors (Lipinski definition) is 5. The summed E-state index contributed by atoms with van der Waals surface area (Å²) in [6.07, 6.45) is 0. The smallest absolute Gasteiger partial charge is 0.227 e. The summed E-state index contributed by atoms with van der Waals surface area (Å²) in [7, 11) is 0. The number of nitrogens with zero attached hydrogens (tertiary/aromatic N) is 4. The minimum Gasteiger partial charge on any atom is -0.436 e. The quantitative estimate of drug-likeness (QED) is 0.183. The Balaban J connectivity index is 1.26. The van der Waals surface area contributed by atoms with E-state index in [0.29, 0.717) is 23.4 Å². The molecular formula is C44H28N4O. The molecule has 2 heterocycles. The van der Waals surface area contributed by atoms with Crippen molar-refractivity contribution < 1.29 is 4.42 Å². The highest BCUT2D eigenvalue weighted by Gasteiger charge is 2.20. The van der Waals surface area contributed by atoms with Crippen LogP contribution in [0, 0.1) is 0 Å². The van der Waals surface area contributed by atoms with Crippen molar-refractivity contribution in [3.63, 3.8) is 0 Å². The van der Waals surface area contributed by atoms with Crippen LogP contribution in [0.3, 0.4) is 0 Å². The molecule has 9 aromatic rings. The summed E-state index contributed by atoms with van der Waals surface area (Å²) in [5.41, 5.74) is 9.54. The van der Waals surface area contributed by atoms with Crippen molar-refractivity contribution in [2.45, 2.75) is 0 Å². The zero-order valence-corrected chi connectivity index (χ0v) is 26.4. The first-order valence-corrected chi connectivity index (χ1v) is 16.2. The molecule has 0 bridgehead atoms. The Kier molecular flexibility index (Phi) is 7.06. The van der Waals surface area contributed by atoms with Gasteiger partial charge in [-0.2, -0.15) is 0 Å². The summed E-state index contributed by atoms with van der Waals surface area (Å²) in [5.74, 6) is 2.48. The van der Waals surface area contributed by atoms with E-state index in [1.807, 2.05) is 103 Å². The van der Waals surface area contributed by atoms with Crippen LogP contribution in [0.2, 0.25) is 0 Å². The van der Waals surface area contributed by atoms with Crippen LogP contribution < -0.4 is 0 Å². The molecular weight excluding hydrogens is 601 g/mol. The predicted octanol–water partition coefficient (Wildman–Crippen LogP) is 11.2. The first-order valence-electron chi connectivity index (χ1n) is 16.2. The van der Waals surface area contributed by atoms with Gasteiger partial charge in [0.2, 0.25) is 5.89 Å². The van der Waals surface area contributed by atoms with Crippen LogP contribution in [0.15, 0.2) is 174 Å². The van der Waals surface area contributed by atoms with E-state index in [1.54, 1.807) is 0 Å². The normalized spacial score (nSPS) is 11.3. The molecule has 5 nitrogen and oxygen atoms in total. The Hall–Kier alpha value is -6.72. The third-order valence-corrected chi connectivity index (χ3v) is 8.78. The average Bonchev–Trinajstić information content (AvgIpc) is 3.62. The van der Waals surface area contributed by atoms with E-state index in [-0.39, 0.29) is 0 Å². The van der Waals surface area contributed by atoms with Crippen molar-refractivity contribution >= 4 is 21.9 Å². The third kappa shape index (κ3) is 5.33. The molecule has 0 atom stereocenters. The first-order chi connectivity index (χ1) is 24.3. The molecule has 0 aliphatic heterocycles. The molecule has 0 unspecified atom stereocenters. The van der Waals surface area contributed by atoms with E-state index in [4.69, 9.17) is 24.4 Å². The molecule has 0 saturated carbocycles. The number of fused-ring (bicyclic) bond motifs is 2. The van der Waals surface area contributed by atoms with Gasteiger partial charge in [0.05, 0.1) is 0 Å². The third-order valence-electron chi connectivity index (χ3n) is 8.78. The fourth-order valence-electron chi connectivity index (χ4n) is 6.44. The number of oxazole rings is 1. The molecule has 9 rings (SSSR count). The fourth-order valence-corrected chi connectivity index (χ4v) is 6.44. The first kappa shape index (κ1) is 28.5. The van der Waals surface area contributed by atoms with E-state index in [1.165, 1.54) is 0 Å². The SMILES string of the molecule is c1ccc(-c2nc(-c3ccccc3)nc(-c3ccccc3-c3ccc4ccccc4c3-c3ccc4oc(-c5ccccc5)nc4c3)n2)cc1. The molecule has 0 N–H and O–H groups in total. The lowest BCUT2D eigenvalue weighted by atomic mass is 9.87. The highest BCUT2D eigenvalue weighted by molar-refractivity contribution is 6.06. The van der Waals surface area contributed by atoms with Crippen molar-refractivity contribution in [1.82, 2.24) is 19.9 Å². The average molecular weight is 629 g/mol. The maximum atomic E-state index is 6.19. The Morgan fingerprint density at radius 2 is 0.939 bits per heavy atom. The predicted molar refractivity (Wildman–Crippen MR) is 198 cm³/mol. The van der Waals surface area contributed by atoms with Crippen LogP contribution in [0.25, 0.3) is 89.7 Å². The number of hydrogen-bond donors (Lipinski definition) is 0. The molecule has 2 aromatic heterocycles. The molecule has 5 heteroatoms. The molecule has 7 aromatic carbocycles. The van der Waals surface area contributed by atoms with Gasteiger partial charge >= 0.3 is 0 Å². The minimum atomic E-state index is 0.606. The highest BCUT2D eigenvalue weighted by Crippen LogP contribution is 2.42. The van der Waals surface area contributed by atoms with Gasteiger partial charge in [-0.15, -0.1) is 0 Å². The second kappa shape index (κ2) is 12.1. The van der Waals surface area contributed by atoms with Gasteiger partial charge in [-0.1, -0.05) is 146 Å². The zero-order valence-electron chi connectivity index (χ0n) is 26.4. The van der Waals surface area contributed by atoms with Crippen LogP contribution in [-0.4, -0.2) is 19.9 Å². The standard InChI is InChI=1S/C44H28N4O/c1-4-15-30(16-5-1)41-46-42(31-17-6-2-7-18-31)48-43(47-41)37-23-13-12-22-35(37)36-26-24-29-14-10-11-21-34(29)40(36)33-25-27-39-38(28-33)45-44(49-39)32-19-8-3-9-20-32/h1-28H. The van der Waals surface area contributed by atoms with Gasteiger partial charge in [0.15, 0.2) is 23.1 Å². The summed E-state index contributed by atoms with van der Waals surface area (Å²) in [6.45, 7) is 0. The molecule has 49 heavy (non-hydrogen) atoms. The maximum Gasteiger partial charge on any atom is 0.227 e. The molecule has 0 fully saturated rings. The van der Waals surface area contributed by atoms with Crippen LogP contribution in [0.4, 0.5) is 0 Å². The van der Waals surface area contributed by atoms with E-state index < -0.39 is 0 Å². The molecule has 0 radical (unpaired) electrons. The van der Waals surface area contributed by atoms with Gasteiger partial charge in [-0.25, -0.2) is 19.9 Å². The molecule has 0 aliphatic rings. The van der Waals surface area contributed by atoms with Gasteiger partial charge < -0.3 is 4.42 Å². The lowest BCUT2D eigenvalue weighted by Crippen LogP contribution is -2.01. The van der Waals surface area contributed by atoms with Crippen molar-refractivity contribution in [3.05, 3.63) is 170 Å². The van der Waals surface area contributed by atoms with Gasteiger partial charge in [-0.3, -0.25) is 0 Å². The van der Waals surface area contributed by atoms with Crippen molar-refractivity contribution in [3.8, 4) is 67.9 Å². The minimum absolute atomic E-state index is 0.606. The second-order valence-corrected chi connectivity index (χ2v) is 11.9. The van der Waals surface area contributed by atoms with Crippen molar-refractivity contribution in [1.29, 1.82) is 0 Å². The molecule has 0 saturated heterocycles. The van der Waals surface area contributed by atoms with Crippen LogP contribution in [-0.2, 0) is 0 Å². The Labute approximate surface area is 283 Å². The summed E-state index contributed by atoms with van der Waals surface area (Å²) in [4.78, 5) is 20.0. The number of rotatable bonds is 6. The van der Waals surface area contributed by atoms with E-state index >= 15 is 0 Å². The van der Waals surface area contributed by atoms with E-state index in [9.17, 15) is 0 Å². The summed E-state index contributed by atoms with van der Waals surface area (Å²) in [6, 6.07) is 57.7. The summed E-state index contributed by atoms with van der Waals surface area (Å²) in [5, 5.41) is 2.30. The lowest BCUT2D eigenvalue weighted by Gasteiger charge is -2.17. The highest BCUT2D eigenvalue weighted by atomic mass is 16.3. The summed E-state index contributed by atoms with van der Waals surface area (Å²) < 4.78 is 6.19. The molecule has 0 spiro atoms. The number of benzene rings is 7. The van der Waals surface area contributed by atoms with Crippen LogP contribution >= 0.6 is 0 Å². The van der Waals surface area contributed by atoms with Crippen LogP contribution in [0.1, 0.15) is 0 Å². The van der Waals surface area contributed by atoms with Crippen molar-refractivity contribution in [2.24, 2.45) is 0 Å². The fraction of sp³-hybridized carbons (Fsp3) is 0. The lowest BCUT2D eigenvalue weighted by molar-refractivity contribution is 0.620. The number of aromatic nitrogens is 4. The Bertz CT molecular complexity index is 2540. The summed E-state index contributed by atoms with van der Waals surface area (Å²) >= 11 is 0. The van der Waals surface area contributed by atoms with Gasteiger partial charge in [0.25, 0.3) is 0 Å². The van der Waals surface area contributed by atoms with Crippen molar-refractivity contribution in [2.75, 3.05) is 0 Å². The second-order valence-electron chi connectivity index (χ2n) is 11.9. The van der Waals surface area contributed by atoms with E-state index in [0.717, 1.165) is 66.4 Å². The Morgan fingerprint density at radius 3 is 1.63 bits per heavy atom. The monoisotopic (exact) mass is 628 g/mol. The van der Waals surface area contributed by atoms with E-state index in [2.05, 4.69) is 66.7 Å². The van der Waals surface area contributed by atoms with Gasteiger partial charge in [0.1, 0.15) is 5.52 Å². The maximum absolute atomic E-state index is 6.19.